The highest BCUT2D eigenvalue weighted by atomic mass is 79.9. The Bertz CT molecular complexity index is 631. The summed E-state index contributed by atoms with van der Waals surface area (Å²) in [6.07, 6.45) is 4.04. The smallest absolute Gasteiger partial charge is 0.250 e. The van der Waals surface area contributed by atoms with E-state index in [0.29, 0.717) is 25.2 Å². The Labute approximate surface area is 118 Å². The molecular weight excluding hydrogens is 310 g/mol. The van der Waals surface area contributed by atoms with Gasteiger partial charge in [0, 0.05) is 47.8 Å². The molecule has 5 nitrogen and oxygen atoms in total. The van der Waals surface area contributed by atoms with Crippen LogP contribution < -0.4 is 16.9 Å². The van der Waals surface area contributed by atoms with E-state index in [1.807, 2.05) is 0 Å². The largest absolute Gasteiger partial charge is 0.398 e. The molecule has 0 unspecified atom stereocenters. The molecule has 0 aliphatic rings. The molecule has 0 saturated carbocycles. The topological polar surface area (TPSA) is 70.0 Å². The Morgan fingerprint density at radius 3 is 2.21 bits per heavy atom. The minimum Gasteiger partial charge on any atom is -0.398 e. The van der Waals surface area contributed by atoms with Crippen molar-refractivity contribution in [1.29, 1.82) is 0 Å². The fourth-order valence-corrected chi connectivity index (χ4v) is 2.19. The summed E-state index contributed by atoms with van der Waals surface area (Å²) in [6, 6.07) is 6.25. The zero-order valence-corrected chi connectivity index (χ0v) is 11.8. The van der Waals surface area contributed by atoms with Gasteiger partial charge in [-0.3, -0.25) is 9.59 Å². The monoisotopic (exact) mass is 323 g/mol. The van der Waals surface area contributed by atoms with Gasteiger partial charge in [-0.1, -0.05) is 0 Å². The molecule has 0 atom stereocenters. The Morgan fingerprint density at radius 1 is 0.947 bits per heavy atom. The van der Waals surface area contributed by atoms with Crippen LogP contribution in [0.3, 0.4) is 0 Å². The van der Waals surface area contributed by atoms with Gasteiger partial charge in [0.1, 0.15) is 0 Å². The SMILES string of the molecule is Nc1ccc(=O)n(CCCn2cc(Br)ccc2=O)c1. The fraction of sp³-hybridized carbons (Fsp3) is 0.231. The highest BCUT2D eigenvalue weighted by molar-refractivity contribution is 9.10. The Kier molecular flexibility index (Phi) is 4.21. The second kappa shape index (κ2) is 5.88. The molecule has 6 heteroatoms. The Hall–Kier alpha value is -1.82. The van der Waals surface area contributed by atoms with E-state index in [4.69, 9.17) is 5.73 Å². The van der Waals surface area contributed by atoms with Gasteiger partial charge in [0.2, 0.25) is 0 Å². The van der Waals surface area contributed by atoms with Gasteiger partial charge >= 0.3 is 0 Å². The van der Waals surface area contributed by atoms with E-state index in [9.17, 15) is 9.59 Å². The molecule has 2 heterocycles. The number of halogens is 1. The van der Waals surface area contributed by atoms with E-state index < -0.39 is 0 Å². The van der Waals surface area contributed by atoms with Crippen LogP contribution in [0.25, 0.3) is 0 Å². The highest BCUT2D eigenvalue weighted by Gasteiger charge is 1.99. The van der Waals surface area contributed by atoms with Crippen molar-refractivity contribution in [3.05, 3.63) is 61.8 Å². The summed E-state index contributed by atoms with van der Waals surface area (Å²) in [5.41, 5.74) is 6.05. The molecule has 0 radical (unpaired) electrons. The lowest BCUT2D eigenvalue weighted by Gasteiger charge is -2.08. The van der Waals surface area contributed by atoms with Crippen molar-refractivity contribution in [3.8, 4) is 0 Å². The number of hydrogen-bond acceptors (Lipinski definition) is 3. The molecule has 0 bridgehead atoms. The van der Waals surface area contributed by atoms with Crippen LogP contribution in [-0.2, 0) is 13.1 Å². The van der Waals surface area contributed by atoms with E-state index in [1.165, 1.54) is 12.1 Å². The fourth-order valence-electron chi connectivity index (χ4n) is 1.81. The molecule has 0 aliphatic heterocycles. The third-order valence-electron chi connectivity index (χ3n) is 2.75. The van der Waals surface area contributed by atoms with E-state index >= 15 is 0 Å². The van der Waals surface area contributed by atoms with Crippen LogP contribution in [0.2, 0.25) is 0 Å². The molecule has 100 valence electrons. The number of nitrogen functional groups attached to an aromatic ring is 1. The standard InChI is InChI=1S/C13H14BrN3O2/c14-10-2-4-12(18)16(8-10)6-1-7-17-9-11(15)3-5-13(17)19/h2-5,8-9H,1,6-7,15H2. The Balaban J connectivity index is 2.04. The zero-order chi connectivity index (χ0) is 13.8. The van der Waals surface area contributed by atoms with Crippen LogP contribution in [0.4, 0.5) is 5.69 Å². The molecule has 2 rings (SSSR count). The van der Waals surface area contributed by atoms with Crippen molar-refractivity contribution in [1.82, 2.24) is 9.13 Å². The van der Waals surface area contributed by atoms with Crippen molar-refractivity contribution in [2.75, 3.05) is 5.73 Å². The first-order valence-corrected chi connectivity index (χ1v) is 6.67. The predicted molar refractivity (Wildman–Crippen MR) is 78.1 cm³/mol. The molecule has 0 aromatic carbocycles. The summed E-state index contributed by atoms with van der Waals surface area (Å²) in [6.45, 7) is 1.09. The second-order valence-electron chi connectivity index (χ2n) is 4.23. The minimum atomic E-state index is -0.0872. The molecule has 0 aliphatic carbocycles. The number of pyridine rings is 2. The lowest BCUT2D eigenvalue weighted by atomic mass is 10.3. The van der Waals surface area contributed by atoms with Crippen molar-refractivity contribution < 1.29 is 0 Å². The molecule has 2 aromatic rings. The summed E-state index contributed by atoms with van der Waals surface area (Å²) in [5, 5.41) is 0. The van der Waals surface area contributed by atoms with Gasteiger partial charge in [0.25, 0.3) is 11.1 Å². The number of hydrogen-bond donors (Lipinski definition) is 1. The zero-order valence-electron chi connectivity index (χ0n) is 10.3. The van der Waals surface area contributed by atoms with E-state index in [0.717, 1.165) is 4.47 Å². The van der Waals surface area contributed by atoms with Crippen molar-refractivity contribution in [3.63, 3.8) is 0 Å². The van der Waals surface area contributed by atoms with E-state index in [1.54, 1.807) is 33.7 Å². The summed E-state index contributed by atoms with van der Waals surface area (Å²) in [7, 11) is 0. The third kappa shape index (κ3) is 3.57. The maximum Gasteiger partial charge on any atom is 0.250 e. The lowest BCUT2D eigenvalue weighted by Crippen LogP contribution is -2.22. The van der Waals surface area contributed by atoms with Gasteiger partial charge in [-0.2, -0.15) is 0 Å². The van der Waals surface area contributed by atoms with Gasteiger partial charge in [-0.15, -0.1) is 0 Å². The average molecular weight is 324 g/mol. The number of nitrogens with zero attached hydrogens (tertiary/aromatic N) is 2. The van der Waals surface area contributed by atoms with E-state index in [2.05, 4.69) is 15.9 Å². The van der Waals surface area contributed by atoms with Crippen LogP contribution in [0.5, 0.6) is 0 Å². The molecule has 0 spiro atoms. The van der Waals surface area contributed by atoms with Crippen LogP contribution >= 0.6 is 15.9 Å². The molecule has 0 saturated heterocycles. The average Bonchev–Trinajstić information content (AvgIpc) is 2.38. The van der Waals surface area contributed by atoms with Crippen LogP contribution in [-0.4, -0.2) is 9.13 Å². The summed E-state index contributed by atoms with van der Waals surface area (Å²) < 4.78 is 4.02. The van der Waals surface area contributed by atoms with Gasteiger partial charge in [-0.25, -0.2) is 0 Å². The van der Waals surface area contributed by atoms with Crippen molar-refractivity contribution in [2.45, 2.75) is 19.5 Å². The normalized spacial score (nSPS) is 10.6. The quantitative estimate of drug-likeness (QED) is 0.925. The summed E-state index contributed by atoms with van der Waals surface area (Å²) in [4.78, 5) is 23.2. The van der Waals surface area contributed by atoms with E-state index in [-0.39, 0.29) is 11.1 Å². The number of rotatable bonds is 4. The summed E-state index contributed by atoms with van der Waals surface area (Å²) >= 11 is 3.32. The van der Waals surface area contributed by atoms with Crippen LogP contribution in [0, 0.1) is 0 Å². The summed E-state index contributed by atoms with van der Waals surface area (Å²) in [5.74, 6) is 0. The van der Waals surface area contributed by atoms with Gasteiger partial charge in [-0.05, 0) is 34.5 Å². The molecule has 2 aromatic heterocycles. The first-order chi connectivity index (χ1) is 9.06. The molecular formula is C13H14BrN3O2. The van der Waals surface area contributed by atoms with Gasteiger partial charge in [0.15, 0.2) is 0 Å². The predicted octanol–water partition coefficient (Wildman–Crippen LogP) is 1.44. The molecule has 0 fully saturated rings. The number of aryl methyl sites for hydroxylation is 2. The van der Waals surface area contributed by atoms with Crippen LogP contribution in [0.15, 0.2) is 50.7 Å². The second-order valence-corrected chi connectivity index (χ2v) is 5.14. The third-order valence-corrected chi connectivity index (χ3v) is 3.22. The molecule has 2 N–H and O–H groups in total. The lowest BCUT2D eigenvalue weighted by molar-refractivity contribution is 0.543. The van der Waals surface area contributed by atoms with Crippen molar-refractivity contribution >= 4 is 21.6 Å². The number of aromatic nitrogens is 2. The molecule has 19 heavy (non-hydrogen) atoms. The maximum atomic E-state index is 11.6. The first kappa shape index (κ1) is 13.6. The molecule has 0 amide bonds. The van der Waals surface area contributed by atoms with Crippen molar-refractivity contribution in [2.24, 2.45) is 0 Å². The van der Waals surface area contributed by atoms with Crippen LogP contribution in [0.1, 0.15) is 6.42 Å². The number of anilines is 1. The number of nitrogens with two attached hydrogens (primary N) is 1. The minimum absolute atomic E-state index is 0.0527. The van der Waals surface area contributed by atoms with Gasteiger partial charge < -0.3 is 14.9 Å². The van der Waals surface area contributed by atoms with Gasteiger partial charge in [0.05, 0.1) is 0 Å². The highest BCUT2D eigenvalue weighted by Crippen LogP contribution is 2.05. The maximum absolute atomic E-state index is 11.6. The Morgan fingerprint density at radius 2 is 1.53 bits per heavy atom. The first-order valence-electron chi connectivity index (χ1n) is 5.88.